The normalized spacial score (nSPS) is 31.1. The van der Waals surface area contributed by atoms with E-state index in [4.69, 9.17) is 28.4 Å². The molecule has 17 unspecified atom stereocenters. The minimum Gasteiger partial charge on any atom is -0.394 e. The Kier molecular flexibility index (Phi) is 37.2. The van der Waals surface area contributed by atoms with E-state index in [1.54, 1.807) is 6.08 Å². The maximum atomic E-state index is 13.2. The number of unbranched alkanes of at least 4 members (excludes halogenated alkanes) is 25. The molecule has 0 aromatic carbocycles. The molecule has 0 saturated carbocycles. The van der Waals surface area contributed by atoms with Gasteiger partial charge < -0.3 is 89.9 Å². The fourth-order valence-corrected chi connectivity index (χ4v) is 10.1. The largest absolute Gasteiger partial charge is 0.394 e. The highest BCUT2D eigenvalue weighted by atomic mass is 16.8. The molecule has 0 spiro atoms. The maximum absolute atomic E-state index is 13.2. The van der Waals surface area contributed by atoms with Crippen LogP contribution in [0, 0.1) is 0 Å². The molecule has 3 saturated heterocycles. The van der Waals surface area contributed by atoms with Gasteiger partial charge in [-0.25, -0.2) is 0 Å². The van der Waals surface area contributed by atoms with E-state index in [2.05, 4.69) is 31.3 Å². The van der Waals surface area contributed by atoms with E-state index in [-0.39, 0.29) is 18.9 Å². The summed E-state index contributed by atoms with van der Waals surface area (Å²) in [5.74, 6) is -0.288. The van der Waals surface area contributed by atoms with E-state index in [0.29, 0.717) is 12.8 Å². The first kappa shape index (κ1) is 68.5. The third kappa shape index (κ3) is 25.4. The van der Waals surface area contributed by atoms with Gasteiger partial charge in [0.25, 0.3) is 0 Å². The van der Waals surface area contributed by atoms with Gasteiger partial charge in [-0.1, -0.05) is 192 Å². The van der Waals surface area contributed by atoms with Crippen molar-refractivity contribution in [2.45, 2.75) is 304 Å². The van der Waals surface area contributed by atoms with Gasteiger partial charge >= 0.3 is 0 Å². The summed E-state index contributed by atoms with van der Waals surface area (Å²) in [5.41, 5.74) is 0. The fraction of sp³-hybridized carbons (Fsp3) is 0.912. The molecule has 3 rings (SSSR count). The highest BCUT2D eigenvalue weighted by Gasteiger charge is 2.53. The first-order chi connectivity index (χ1) is 36.8. The number of amides is 1. The molecule has 0 aromatic rings. The van der Waals surface area contributed by atoms with Crippen LogP contribution in [0.2, 0.25) is 0 Å². The van der Waals surface area contributed by atoms with Crippen LogP contribution in [-0.2, 0) is 33.2 Å². The van der Waals surface area contributed by atoms with Gasteiger partial charge in [-0.2, -0.15) is 0 Å². The van der Waals surface area contributed by atoms with Crippen molar-refractivity contribution < 1.29 is 89.4 Å². The maximum Gasteiger partial charge on any atom is 0.220 e. The van der Waals surface area contributed by atoms with Crippen molar-refractivity contribution in [2.75, 3.05) is 26.4 Å². The summed E-state index contributed by atoms with van der Waals surface area (Å²) in [6.07, 6.45) is 15.2. The summed E-state index contributed by atoms with van der Waals surface area (Å²) in [7, 11) is 0. The molecular formula is C57H105NO18. The molecule has 19 nitrogen and oxygen atoms in total. The molecule has 0 radical (unpaired) electrons. The molecule has 12 N–H and O–H groups in total. The number of hydrogen-bond donors (Lipinski definition) is 12. The number of hydrogen-bond acceptors (Lipinski definition) is 18. The predicted molar refractivity (Wildman–Crippen MR) is 286 cm³/mol. The molecular weight excluding hydrogens is 987 g/mol. The summed E-state index contributed by atoms with van der Waals surface area (Å²) in [5, 5.41) is 120. The molecule has 76 heavy (non-hydrogen) atoms. The third-order valence-electron chi connectivity index (χ3n) is 15.0. The summed E-state index contributed by atoms with van der Waals surface area (Å²) in [6, 6.07) is -0.982. The second-order valence-corrected chi connectivity index (χ2v) is 21.5. The van der Waals surface area contributed by atoms with Gasteiger partial charge in [-0.15, -0.1) is 0 Å². The SMILES string of the molecule is CCC/C=C/CC/C=C/C(O)C(COC1OC(CO)C(OC2OC(CO)C(OC3OC(CO)C(O)C(O)C3O)C(O)C2O)C(O)C1O)NC(=O)CCCCCCCCCCCCCCCCCCCCCCCCCC. The van der Waals surface area contributed by atoms with Crippen LogP contribution in [0.1, 0.15) is 200 Å². The van der Waals surface area contributed by atoms with Gasteiger partial charge in [-0.05, 0) is 25.7 Å². The van der Waals surface area contributed by atoms with Gasteiger partial charge in [0.15, 0.2) is 18.9 Å². The van der Waals surface area contributed by atoms with Crippen LogP contribution in [-0.4, -0.2) is 193 Å². The van der Waals surface area contributed by atoms with Crippen LogP contribution in [0.3, 0.4) is 0 Å². The highest BCUT2D eigenvalue weighted by Crippen LogP contribution is 2.33. The summed E-state index contributed by atoms with van der Waals surface area (Å²) in [4.78, 5) is 13.2. The first-order valence-corrected chi connectivity index (χ1v) is 29.6. The summed E-state index contributed by atoms with van der Waals surface area (Å²) in [6.45, 7) is 1.58. The molecule has 0 bridgehead atoms. The minimum absolute atomic E-state index is 0.239. The molecule has 0 aromatic heterocycles. The van der Waals surface area contributed by atoms with Crippen LogP contribution in [0.5, 0.6) is 0 Å². The molecule has 3 aliphatic heterocycles. The van der Waals surface area contributed by atoms with Crippen LogP contribution < -0.4 is 5.32 Å². The van der Waals surface area contributed by atoms with Crippen LogP contribution in [0.4, 0.5) is 0 Å². The van der Waals surface area contributed by atoms with Crippen LogP contribution >= 0.6 is 0 Å². The molecule has 17 atom stereocenters. The summed E-state index contributed by atoms with van der Waals surface area (Å²) >= 11 is 0. The zero-order valence-corrected chi connectivity index (χ0v) is 46.2. The minimum atomic E-state index is -1.98. The predicted octanol–water partition coefficient (Wildman–Crippen LogP) is 4.76. The smallest absolute Gasteiger partial charge is 0.220 e. The lowest BCUT2D eigenvalue weighted by Crippen LogP contribution is -2.66. The zero-order chi connectivity index (χ0) is 55.5. The molecule has 1 amide bonds. The van der Waals surface area contributed by atoms with Crippen LogP contribution in [0.15, 0.2) is 24.3 Å². The molecule has 19 heteroatoms. The number of aliphatic hydroxyl groups is 11. The Morgan fingerprint density at radius 2 is 0.842 bits per heavy atom. The second kappa shape index (κ2) is 41.3. The van der Waals surface area contributed by atoms with Gasteiger partial charge in [0.05, 0.1) is 38.6 Å². The Morgan fingerprint density at radius 1 is 0.461 bits per heavy atom. The molecule has 3 aliphatic rings. The Labute approximate surface area is 454 Å². The van der Waals surface area contributed by atoms with Crippen molar-refractivity contribution in [3.63, 3.8) is 0 Å². The lowest BCUT2D eigenvalue weighted by molar-refractivity contribution is -0.379. The number of ether oxygens (including phenoxy) is 6. The monoisotopic (exact) mass is 1090 g/mol. The lowest BCUT2D eigenvalue weighted by atomic mass is 9.96. The Hall–Kier alpha value is -1.73. The number of carbonyl (C=O) groups excluding carboxylic acids is 1. The average Bonchev–Trinajstić information content (AvgIpc) is 3.42. The van der Waals surface area contributed by atoms with Crippen molar-refractivity contribution in [1.82, 2.24) is 5.32 Å². The van der Waals surface area contributed by atoms with Gasteiger partial charge in [-0.3, -0.25) is 4.79 Å². The quantitative estimate of drug-likeness (QED) is 0.0289. The van der Waals surface area contributed by atoms with E-state index in [1.165, 1.54) is 128 Å². The van der Waals surface area contributed by atoms with Crippen LogP contribution in [0.25, 0.3) is 0 Å². The Morgan fingerprint density at radius 3 is 1.29 bits per heavy atom. The Balaban J connectivity index is 1.40. The second-order valence-electron chi connectivity index (χ2n) is 21.5. The van der Waals surface area contributed by atoms with Crippen molar-refractivity contribution in [3.05, 3.63) is 24.3 Å². The highest BCUT2D eigenvalue weighted by molar-refractivity contribution is 5.76. The van der Waals surface area contributed by atoms with E-state index in [9.17, 15) is 61.0 Å². The topological polar surface area (TPSA) is 307 Å². The van der Waals surface area contributed by atoms with Crippen molar-refractivity contribution in [1.29, 1.82) is 0 Å². The zero-order valence-electron chi connectivity index (χ0n) is 46.2. The number of carbonyl (C=O) groups is 1. The molecule has 3 heterocycles. The van der Waals surface area contributed by atoms with E-state index in [0.717, 1.165) is 38.5 Å². The molecule has 0 aliphatic carbocycles. The van der Waals surface area contributed by atoms with Crippen molar-refractivity contribution in [2.24, 2.45) is 0 Å². The fourth-order valence-electron chi connectivity index (χ4n) is 10.1. The van der Waals surface area contributed by atoms with E-state index >= 15 is 0 Å². The lowest BCUT2D eigenvalue weighted by Gasteiger charge is -2.48. The molecule has 446 valence electrons. The van der Waals surface area contributed by atoms with Crippen molar-refractivity contribution >= 4 is 5.91 Å². The molecule has 3 fully saturated rings. The van der Waals surface area contributed by atoms with E-state index in [1.807, 2.05) is 6.08 Å². The number of rotatable bonds is 43. The van der Waals surface area contributed by atoms with Gasteiger partial charge in [0.2, 0.25) is 5.91 Å². The third-order valence-corrected chi connectivity index (χ3v) is 15.0. The summed E-state index contributed by atoms with van der Waals surface area (Å²) < 4.78 is 34.1. The number of nitrogens with one attached hydrogen (secondary N) is 1. The first-order valence-electron chi connectivity index (χ1n) is 29.6. The Bertz CT molecular complexity index is 1490. The van der Waals surface area contributed by atoms with E-state index < -0.39 is 124 Å². The number of aliphatic hydroxyl groups excluding tert-OH is 11. The van der Waals surface area contributed by atoms with Gasteiger partial charge in [0.1, 0.15) is 73.2 Å². The average molecular weight is 1090 g/mol. The van der Waals surface area contributed by atoms with Crippen molar-refractivity contribution in [3.8, 4) is 0 Å². The standard InChI is InChI=1S/C57H105NO18/c1-3-5-7-9-11-12-13-14-15-16-17-18-19-20-21-22-23-24-25-26-27-29-31-33-35-45(63)58-40(41(62)34-32-30-28-10-8-6-4-2)39-71-55-51(69)48(66)53(43(37-60)73-55)76-57-52(70)49(67)54(44(38-61)74-57)75-56-50(68)47(65)46(64)42(36-59)72-56/h8,10,32,34,40-44,46-57,59-62,64-70H,3-7,9,11-31,33,35-39H2,1-2H3,(H,58,63)/b10-8+,34-32+. The van der Waals surface area contributed by atoms with Gasteiger partial charge in [0, 0.05) is 6.42 Å². The number of allylic oxidation sites excluding steroid dienone is 3.